The van der Waals surface area contributed by atoms with Crippen LogP contribution >= 0.6 is 0 Å². The Hall–Kier alpha value is -0.360. The van der Waals surface area contributed by atoms with Gasteiger partial charge in [0.15, 0.2) is 0 Å². The Labute approximate surface area is 192 Å². The molecule has 0 heterocycles. The zero-order valence-corrected chi connectivity index (χ0v) is 18.5. The zero-order valence-electron chi connectivity index (χ0n) is 14.5. The van der Waals surface area contributed by atoms with E-state index in [1.54, 1.807) is 0 Å². The van der Waals surface area contributed by atoms with Gasteiger partial charge in [0.05, 0.1) is 25.0 Å². The van der Waals surface area contributed by atoms with E-state index in [1.807, 2.05) is 0 Å². The van der Waals surface area contributed by atoms with Gasteiger partial charge >= 0.3 is 71.1 Å². The first kappa shape index (κ1) is 44.8. The van der Waals surface area contributed by atoms with Crippen LogP contribution in [-0.2, 0) is 19.2 Å². The Bertz CT molecular complexity index is 330. The van der Waals surface area contributed by atoms with E-state index in [-0.39, 0.29) is 94.1 Å². The third-order valence-electron chi connectivity index (χ3n) is 2.16. The van der Waals surface area contributed by atoms with Crippen molar-refractivity contribution in [3.8, 4) is 0 Å². The van der Waals surface area contributed by atoms with Crippen LogP contribution in [0.4, 0.5) is 0 Å². The molecule has 0 aromatic rings. The molecule has 0 atom stereocenters. The minimum absolute atomic E-state index is 0. The molecular weight excluding hydrogens is 386 g/mol. The number of rotatable bonds is 11. The van der Waals surface area contributed by atoms with E-state index in [0.29, 0.717) is 0 Å². The van der Waals surface area contributed by atoms with E-state index in [0.717, 1.165) is 9.80 Å². The molecule has 14 nitrogen and oxygen atoms in total. The molecule has 0 radical (unpaired) electrons. The summed E-state index contributed by atoms with van der Waals surface area (Å²) in [4.78, 5) is 43.9. The molecule has 10 N–H and O–H groups in total. The molecule has 0 aliphatic rings. The first-order chi connectivity index (χ1) is 9.20. The summed E-state index contributed by atoms with van der Waals surface area (Å²) in [6, 6.07) is 0. The summed E-state index contributed by atoms with van der Waals surface area (Å²) in [6.07, 6.45) is 0. The first-order valence-corrected chi connectivity index (χ1v) is 5.48. The minimum atomic E-state index is -1.49. The summed E-state index contributed by atoms with van der Waals surface area (Å²) >= 11 is 0. The number of carboxylic acids is 4. The average molecular weight is 408 g/mol. The molecular formula is C10H22N2Na2O12. The van der Waals surface area contributed by atoms with Gasteiger partial charge in [0.2, 0.25) is 0 Å². The number of nitrogens with zero attached hydrogens (tertiary/aromatic N) is 2. The van der Waals surface area contributed by atoms with Crippen molar-refractivity contribution in [2.75, 3.05) is 39.3 Å². The van der Waals surface area contributed by atoms with Gasteiger partial charge in [-0.25, -0.2) is 0 Å². The molecule has 0 fully saturated rings. The fraction of sp³-hybridized carbons (Fsp3) is 0.600. The summed E-state index contributed by atoms with van der Waals surface area (Å²) in [7, 11) is 0. The minimum Gasteiger partial charge on any atom is -0.549 e. The maximum Gasteiger partial charge on any atom is 1.00 e. The molecule has 0 aliphatic heterocycles. The van der Waals surface area contributed by atoms with E-state index in [4.69, 9.17) is 10.2 Å². The number of carbonyl (C=O) groups excluding carboxylic acids is 2. The summed E-state index contributed by atoms with van der Waals surface area (Å²) in [5.41, 5.74) is 0. The van der Waals surface area contributed by atoms with Crippen LogP contribution in [0.5, 0.6) is 0 Å². The Kier molecular flexibility index (Phi) is 42.5. The maximum absolute atomic E-state index is 10.5. The zero-order chi connectivity index (χ0) is 15.7. The monoisotopic (exact) mass is 408 g/mol. The number of aliphatic carboxylic acids is 4. The van der Waals surface area contributed by atoms with Crippen LogP contribution in [-0.4, -0.2) is 105 Å². The molecule has 0 spiro atoms. The third kappa shape index (κ3) is 28.4. The normalized spacial score (nSPS) is 8.23. The van der Waals surface area contributed by atoms with Crippen molar-refractivity contribution < 1.29 is 121 Å². The van der Waals surface area contributed by atoms with Crippen molar-refractivity contribution in [3.63, 3.8) is 0 Å². The smallest absolute Gasteiger partial charge is 0.549 e. The van der Waals surface area contributed by atoms with Gasteiger partial charge in [0, 0.05) is 26.2 Å². The summed E-state index contributed by atoms with van der Waals surface area (Å²) < 4.78 is 0. The standard InChI is InChI=1S/C10H16N2O8.2Na.4H2O/c13-7(14)3-11(4-8(15)16)1-2-12(5-9(17)18)6-10(19)20;;;;;;/h1-6H2,(H,13,14)(H,15,16)(H,17,18)(H,19,20);;;4*1H2/q;2*+1;;;;/p-2. The van der Waals surface area contributed by atoms with Gasteiger partial charge in [-0.05, 0) is 0 Å². The van der Waals surface area contributed by atoms with Crippen molar-refractivity contribution in [3.05, 3.63) is 0 Å². The Morgan fingerprint density at radius 1 is 0.615 bits per heavy atom. The van der Waals surface area contributed by atoms with Gasteiger partial charge in [-0.1, -0.05) is 0 Å². The van der Waals surface area contributed by atoms with E-state index in [1.165, 1.54) is 0 Å². The maximum atomic E-state index is 10.5. The third-order valence-corrected chi connectivity index (χ3v) is 2.16. The van der Waals surface area contributed by atoms with Gasteiger partial charge in [-0.2, -0.15) is 0 Å². The molecule has 0 amide bonds. The summed E-state index contributed by atoms with van der Waals surface area (Å²) in [6.45, 7) is -2.75. The first-order valence-electron chi connectivity index (χ1n) is 5.48. The number of hydrogen-bond acceptors (Lipinski definition) is 8. The van der Waals surface area contributed by atoms with Gasteiger partial charge in [-0.15, -0.1) is 0 Å². The van der Waals surface area contributed by atoms with E-state index in [2.05, 4.69) is 0 Å². The second-order valence-corrected chi connectivity index (χ2v) is 3.95. The molecule has 0 aliphatic carbocycles. The quantitative estimate of drug-likeness (QED) is 0.304. The van der Waals surface area contributed by atoms with Crippen LogP contribution in [0.15, 0.2) is 0 Å². The molecule has 0 saturated carbocycles. The van der Waals surface area contributed by atoms with Gasteiger partial charge in [-0.3, -0.25) is 19.4 Å². The second kappa shape index (κ2) is 24.6. The van der Waals surface area contributed by atoms with Crippen LogP contribution in [0.3, 0.4) is 0 Å². The Morgan fingerprint density at radius 2 is 0.846 bits per heavy atom. The van der Waals surface area contributed by atoms with Crippen LogP contribution in [0.25, 0.3) is 0 Å². The van der Waals surface area contributed by atoms with Crippen LogP contribution < -0.4 is 69.3 Å². The molecule has 0 unspecified atom stereocenters. The van der Waals surface area contributed by atoms with Gasteiger partial charge < -0.3 is 51.9 Å². The number of carbonyl (C=O) groups is 4. The van der Waals surface area contributed by atoms with Gasteiger partial charge in [0.25, 0.3) is 0 Å². The van der Waals surface area contributed by atoms with Crippen LogP contribution in [0.1, 0.15) is 0 Å². The molecule has 0 saturated heterocycles. The second-order valence-electron chi connectivity index (χ2n) is 3.95. The predicted octanol–water partition coefficient (Wildman–Crippen LogP) is -14.0. The molecule has 0 aromatic carbocycles. The predicted molar refractivity (Wildman–Crippen MR) is 72.6 cm³/mol. The molecule has 0 bridgehead atoms. The van der Waals surface area contributed by atoms with Crippen molar-refractivity contribution in [1.29, 1.82) is 0 Å². The fourth-order valence-corrected chi connectivity index (χ4v) is 1.46. The topological polar surface area (TPSA) is 287 Å². The van der Waals surface area contributed by atoms with E-state index in [9.17, 15) is 29.4 Å². The van der Waals surface area contributed by atoms with Gasteiger partial charge in [0.1, 0.15) is 0 Å². The van der Waals surface area contributed by atoms with Crippen molar-refractivity contribution in [2.24, 2.45) is 0 Å². The summed E-state index contributed by atoms with van der Waals surface area (Å²) in [5.74, 6) is -5.52. The number of carboxylic acid groups (broad SMARTS) is 4. The molecule has 0 aromatic heterocycles. The summed E-state index contributed by atoms with van der Waals surface area (Å²) in [5, 5.41) is 38.0. The van der Waals surface area contributed by atoms with Crippen molar-refractivity contribution in [2.45, 2.75) is 0 Å². The Balaban J connectivity index is -0.000000120. The van der Waals surface area contributed by atoms with E-state index >= 15 is 0 Å². The SMILES string of the molecule is O.O.O.O.O=C([O-])CN(CCN(CC(=O)[O-])CC(=O)O)CC(=O)O.[Na+].[Na+]. The largest absolute Gasteiger partial charge is 1.00 e. The molecule has 26 heavy (non-hydrogen) atoms. The molecule has 146 valence electrons. The van der Waals surface area contributed by atoms with E-state index < -0.39 is 50.1 Å². The fourth-order valence-electron chi connectivity index (χ4n) is 1.46. The molecule has 16 heteroatoms. The molecule has 0 rings (SSSR count). The van der Waals surface area contributed by atoms with Crippen LogP contribution in [0, 0.1) is 0 Å². The Morgan fingerprint density at radius 3 is 1.00 bits per heavy atom. The van der Waals surface area contributed by atoms with Crippen molar-refractivity contribution in [1.82, 2.24) is 9.80 Å². The average Bonchev–Trinajstić information content (AvgIpc) is 2.22. The van der Waals surface area contributed by atoms with Crippen molar-refractivity contribution >= 4 is 23.9 Å². The number of hydrogen-bond donors (Lipinski definition) is 2. The van der Waals surface area contributed by atoms with Crippen LogP contribution in [0.2, 0.25) is 0 Å².